The summed E-state index contributed by atoms with van der Waals surface area (Å²) in [5, 5.41) is 3.15. The molecule has 5 heteroatoms. The maximum atomic E-state index is 12.0. The number of rotatable bonds is 2. The second-order valence-electron chi connectivity index (χ2n) is 4.44. The third-order valence-corrected chi connectivity index (χ3v) is 3.46. The van der Waals surface area contributed by atoms with Crippen molar-refractivity contribution in [2.45, 2.75) is 31.7 Å². The Morgan fingerprint density at radius 1 is 1.41 bits per heavy atom. The molecule has 0 aromatic carbocycles. The van der Waals surface area contributed by atoms with Crippen molar-refractivity contribution in [1.29, 1.82) is 0 Å². The average molecular weight is 254 g/mol. The van der Waals surface area contributed by atoms with Crippen molar-refractivity contribution in [1.82, 2.24) is 4.98 Å². The fraction of sp³-hybridized carbons (Fsp3) is 0.500. The molecule has 1 aromatic heterocycles. The third-order valence-electron chi connectivity index (χ3n) is 3.16. The molecule has 0 aliphatic heterocycles. The molecule has 0 radical (unpaired) electrons. The minimum Gasteiger partial charge on any atom is -0.328 e. The molecule has 0 bridgehead atoms. The molecular weight excluding hydrogens is 238 g/mol. The zero-order chi connectivity index (χ0) is 12.3. The van der Waals surface area contributed by atoms with E-state index in [0.29, 0.717) is 10.8 Å². The SMILES string of the molecule is NC1CCC(C(=O)Nc2cccnc2Cl)CC1. The number of nitrogens with one attached hydrogen (secondary N) is 1. The van der Waals surface area contributed by atoms with Gasteiger partial charge in [-0.05, 0) is 37.8 Å². The van der Waals surface area contributed by atoms with Gasteiger partial charge in [-0.1, -0.05) is 11.6 Å². The van der Waals surface area contributed by atoms with Crippen LogP contribution in [0.2, 0.25) is 5.15 Å². The lowest BCUT2D eigenvalue weighted by Crippen LogP contribution is -2.32. The van der Waals surface area contributed by atoms with Crippen molar-refractivity contribution < 1.29 is 4.79 Å². The summed E-state index contributed by atoms with van der Waals surface area (Å²) in [6.45, 7) is 0. The lowest BCUT2D eigenvalue weighted by atomic mass is 9.86. The van der Waals surface area contributed by atoms with Crippen molar-refractivity contribution in [3.8, 4) is 0 Å². The van der Waals surface area contributed by atoms with Crippen molar-refractivity contribution in [3.63, 3.8) is 0 Å². The number of pyridine rings is 1. The predicted molar refractivity (Wildman–Crippen MR) is 67.8 cm³/mol. The summed E-state index contributed by atoms with van der Waals surface area (Å²) < 4.78 is 0. The number of anilines is 1. The van der Waals surface area contributed by atoms with Crippen LogP contribution >= 0.6 is 11.6 Å². The molecule has 1 fully saturated rings. The Balaban J connectivity index is 1.95. The molecule has 92 valence electrons. The van der Waals surface area contributed by atoms with Crippen molar-refractivity contribution >= 4 is 23.2 Å². The fourth-order valence-corrected chi connectivity index (χ4v) is 2.26. The van der Waals surface area contributed by atoms with Crippen molar-refractivity contribution in [2.75, 3.05) is 5.32 Å². The maximum absolute atomic E-state index is 12.0. The third kappa shape index (κ3) is 3.17. The van der Waals surface area contributed by atoms with Crippen LogP contribution in [0.15, 0.2) is 18.3 Å². The standard InChI is InChI=1S/C12H16ClN3O/c13-11-10(2-1-7-15-11)16-12(17)8-3-5-9(14)6-4-8/h1-2,7-9H,3-6,14H2,(H,16,17). The van der Waals surface area contributed by atoms with Gasteiger partial charge >= 0.3 is 0 Å². The number of carbonyl (C=O) groups excluding carboxylic acids is 1. The van der Waals surface area contributed by atoms with Crippen LogP contribution in [0, 0.1) is 5.92 Å². The number of hydrogen-bond acceptors (Lipinski definition) is 3. The van der Waals surface area contributed by atoms with Crippen LogP contribution in [-0.2, 0) is 4.79 Å². The second-order valence-corrected chi connectivity index (χ2v) is 4.80. The van der Waals surface area contributed by atoms with Gasteiger partial charge in [0.05, 0.1) is 5.69 Å². The molecule has 0 saturated heterocycles. The average Bonchev–Trinajstić information content (AvgIpc) is 2.33. The van der Waals surface area contributed by atoms with Crippen LogP contribution in [0.1, 0.15) is 25.7 Å². The Kier molecular flexibility index (Phi) is 3.97. The van der Waals surface area contributed by atoms with E-state index in [-0.39, 0.29) is 17.9 Å². The number of aromatic nitrogens is 1. The molecule has 0 unspecified atom stereocenters. The zero-order valence-corrected chi connectivity index (χ0v) is 10.3. The van der Waals surface area contributed by atoms with E-state index in [0.717, 1.165) is 25.7 Å². The van der Waals surface area contributed by atoms with Gasteiger partial charge in [-0.25, -0.2) is 4.98 Å². The molecule has 0 spiro atoms. The highest BCUT2D eigenvalue weighted by Gasteiger charge is 2.24. The van der Waals surface area contributed by atoms with Gasteiger partial charge in [0.1, 0.15) is 0 Å². The maximum Gasteiger partial charge on any atom is 0.227 e. The normalized spacial score (nSPS) is 24.4. The summed E-state index contributed by atoms with van der Waals surface area (Å²) in [6.07, 6.45) is 5.13. The van der Waals surface area contributed by atoms with Crippen molar-refractivity contribution in [2.24, 2.45) is 11.7 Å². The van der Waals surface area contributed by atoms with Gasteiger partial charge < -0.3 is 11.1 Å². The van der Waals surface area contributed by atoms with E-state index in [4.69, 9.17) is 17.3 Å². The monoisotopic (exact) mass is 253 g/mol. The first kappa shape index (κ1) is 12.3. The predicted octanol–water partition coefficient (Wildman–Crippen LogP) is 2.19. The van der Waals surface area contributed by atoms with Gasteiger partial charge in [0.15, 0.2) is 5.15 Å². The number of carbonyl (C=O) groups is 1. The van der Waals surface area contributed by atoms with E-state index in [1.807, 2.05) is 0 Å². The van der Waals surface area contributed by atoms with Gasteiger partial charge in [0.2, 0.25) is 5.91 Å². The number of nitrogens with two attached hydrogens (primary N) is 1. The quantitative estimate of drug-likeness (QED) is 0.794. The molecular formula is C12H16ClN3O. The van der Waals surface area contributed by atoms with Gasteiger partial charge in [-0.15, -0.1) is 0 Å². The van der Waals surface area contributed by atoms with Crippen LogP contribution in [0.3, 0.4) is 0 Å². The largest absolute Gasteiger partial charge is 0.328 e. The highest BCUT2D eigenvalue weighted by atomic mass is 35.5. The summed E-state index contributed by atoms with van der Waals surface area (Å²) in [5.74, 6) is 0.0675. The Bertz CT molecular complexity index is 402. The molecule has 1 heterocycles. The Morgan fingerprint density at radius 2 is 2.12 bits per heavy atom. The summed E-state index contributed by atoms with van der Waals surface area (Å²) in [4.78, 5) is 15.9. The van der Waals surface area contributed by atoms with E-state index < -0.39 is 0 Å². The molecule has 2 rings (SSSR count). The first-order valence-corrected chi connectivity index (χ1v) is 6.21. The molecule has 1 amide bonds. The van der Waals surface area contributed by atoms with E-state index in [1.54, 1.807) is 18.3 Å². The lowest BCUT2D eigenvalue weighted by Gasteiger charge is -2.25. The number of hydrogen-bond donors (Lipinski definition) is 2. The van der Waals surface area contributed by atoms with E-state index >= 15 is 0 Å². The Morgan fingerprint density at radius 3 is 2.76 bits per heavy atom. The molecule has 1 aromatic rings. The molecule has 1 saturated carbocycles. The van der Waals surface area contributed by atoms with Crippen LogP contribution in [0.25, 0.3) is 0 Å². The number of nitrogens with zero attached hydrogens (tertiary/aromatic N) is 1. The summed E-state index contributed by atoms with van der Waals surface area (Å²) >= 11 is 5.88. The molecule has 17 heavy (non-hydrogen) atoms. The molecule has 1 aliphatic rings. The number of halogens is 1. The highest BCUT2D eigenvalue weighted by Crippen LogP contribution is 2.25. The topological polar surface area (TPSA) is 68.0 Å². The summed E-state index contributed by atoms with van der Waals surface area (Å²) in [6, 6.07) is 3.75. The summed E-state index contributed by atoms with van der Waals surface area (Å²) in [5.41, 5.74) is 6.39. The molecule has 0 atom stereocenters. The first-order chi connectivity index (χ1) is 8.16. The van der Waals surface area contributed by atoms with Crippen molar-refractivity contribution in [3.05, 3.63) is 23.5 Å². The lowest BCUT2D eigenvalue weighted by molar-refractivity contribution is -0.120. The van der Waals surface area contributed by atoms with Gasteiger partial charge in [0.25, 0.3) is 0 Å². The van der Waals surface area contributed by atoms with E-state index in [9.17, 15) is 4.79 Å². The van der Waals surface area contributed by atoms with Crippen LogP contribution in [0.4, 0.5) is 5.69 Å². The van der Waals surface area contributed by atoms with E-state index in [2.05, 4.69) is 10.3 Å². The van der Waals surface area contributed by atoms with Gasteiger partial charge in [-0.3, -0.25) is 4.79 Å². The van der Waals surface area contributed by atoms with Gasteiger partial charge in [-0.2, -0.15) is 0 Å². The molecule has 4 nitrogen and oxygen atoms in total. The van der Waals surface area contributed by atoms with Gasteiger partial charge in [0, 0.05) is 18.2 Å². The summed E-state index contributed by atoms with van der Waals surface area (Å²) in [7, 11) is 0. The second kappa shape index (κ2) is 5.47. The molecule has 1 aliphatic carbocycles. The highest BCUT2D eigenvalue weighted by molar-refractivity contribution is 6.32. The minimum absolute atomic E-state index is 0.0202. The zero-order valence-electron chi connectivity index (χ0n) is 9.53. The molecule has 3 N–H and O–H groups in total. The van der Waals surface area contributed by atoms with Crippen LogP contribution in [-0.4, -0.2) is 16.9 Å². The van der Waals surface area contributed by atoms with Crippen LogP contribution in [0.5, 0.6) is 0 Å². The first-order valence-electron chi connectivity index (χ1n) is 5.84. The Labute approximate surface area is 106 Å². The van der Waals surface area contributed by atoms with E-state index in [1.165, 1.54) is 0 Å². The van der Waals surface area contributed by atoms with Crippen LogP contribution < -0.4 is 11.1 Å². The fourth-order valence-electron chi connectivity index (χ4n) is 2.10. The Hall–Kier alpha value is -1.13. The number of amides is 1. The minimum atomic E-state index is 0.0202. The smallest absolute Gasteiger partial charge is 0.227 e.